The lowest BCUT2D eigenvalue weighted by molar-refractivity contribution is 0.0639. The molecule has 0 radical (unpaired) electrons. The maximum absolute atomic E-state index is 13.2. The molecule has 0 amide bonds. The Morgan fingerprint density at radius 3 is 2.71 bits per heavy atom. The van der Waals surface area contributed by atoms with Crippen LogP contribution in [0, 0.1) is 5.82 Å². The first-order valence-electron chi connectivity index (χ1n) is 4.72. The number of nitrogens with two attached hydrogens (primary N) is 1. The van der Waals surface area contributed by atoms with Gasteiger partial charge in [-0.15, -0.1) is 0 Å². The average molecular weight is 197 g/mol. The van der Waals surface area contributed by atoms with E-state index in [1.54, 1.807) is 12.1 Å². The molecule has 0 aromatic heterocycles. The molecule has 2 N–H and O–H groups in total. The smallest absolute Gasteiger partial charge is 0.128 e. The summed E-state index contributed by atoms with van der Waals surface area (Å²) in [7, 11) is 0. The van der Waals surface area contributed by atoms with Gasteiger partial charge in [-0.25, -0.2) is 4.39 Å². The molecular formula is C11H16FNO. The number of benzene rings is 1. The predicted octanol–water partition coefficient (Wildman–Crippen LogP) is 2.21. The first kappa shape index (κ1) is 11.1. The molecule has 1 aromatic carbocycles. The van der Waals surface area contributed by atoms with Gasteiger partial charge in [0.05, 0.1) is 12.7 Å². The van der Waals surface area contributed by atoms with Crippen molar-refractivity contribution in [2.24, 2.45) is 5.73 Å². The zero-order valence-electron chi connectivity index (χ0n) is 8.59. The highest BCUT2D eigenvalue weighted by Crippen LogP contribution is 2.12. The van der Waals surface area contributed by atoms with Crippen molar-refractivity contribution in [1.82, 2.24) is 0 Å². The van der Waals surface area contributed by atoms with Crippen LogP contribution in [0.3, 0.4) is 0 Å². The van der Waals surface area contributed by atoms with Gasteiger partial charge in [0, 0.05) is 12.1 Å². The summed E-state index contributed by atoms with van der Waals surface area (Å²) in [6, 6.07) is 4.87. The molecule has 1 rings (SSSR count). The molecule has 1 aromatic rings. The van der Waals surface area contributed by atoms with Gasteiger partial charge < -0.3 is 10.5 Å². The predicted molar refractivity (Wildman–Crippen MR) is 54.2 cm³/mol. The van der Waals surface area contributed by atoms with E-state index in [4.69, 9.17) is 10.5 Å². The summed E-state index contributed by atoms with van der Waals surface area (Å²) in [5.41, 5.74) is 6.96. The van der Waals surface area contributed by atoms with Crippen LogP contribution in [0.25, 0.3) is 0 Å². The van der Waals surface area contributed by atoms with E-state index in [9.17, 15) is 4.39 Å². The van der Waals surface area contributed by atoms with Crippen LogP contribution in [0.5, 0.6) is 0 Å². The van der Waals surface area contributed by atoms with Crippen LogP contribution in [0.4, 0.5) is 4.39 Å². The quantitative estimate of drug-likeness (QED) is 0.803. The van der Waals surface area contributed by atoms with Crippen molar-refractivity contribution in [3.8, 4) is 0 Å². The van der Waals surface area contributed by atoms with Crippen LogP contribution >= 0.6 is 0 Å². The van der Waals surface area contributed by atoms with Gasteiger partial charge in [-0.2, -0.15) is 0 Å². The topological polar surface area (TPSA) is 35.2 Å². The van der Waals surface area contributed by atoms with E-state index < -0.39 is 0 Å². The van der Waals surface area contributed by atoms with Crippen LogP contribution < -0.4 is 5.73 Å². The fourth-order valence-electron chi connectivity index (χ4n) is 1.12. The van der Waals surface area contributed by atoms with Gasteiger partial charge in [0.2, 0.25) is 0 Å². The highest BCUT2D eigenvalue weighted by atomic mass is 19.1. The zero-order valence-corrected chi connectivity index (χ0v) is 8.59. The standard InChI is InChI=1S/C11H16FNO/c1-8(2)14-7-10-5-9(6-13)3-4-11(10)12/h3-5,8H,6-7,13H2,1-2H3. The molecule has 0 atom stereocenters. The molecule has 0 fully saturated rings. The van der Waals surface area contributed by atoms with Gasteiger partial charge in [0.25, 0.3) is 0 Å². The number of halogens is 1. The minimum Gasteiger partial charge on any atom is -0.374 e. The first-order valence-corrected chi connectivity index (χ1v) is 4.72. The molecule has 0 heterocycles. The summed E-state index contributed by atoms with van der Waals surface area (Å²) in [6.45, 7) is 4.57. The Morgan fingerprint density at radius 1 is 1.43 bits per heavy atom. The van der Waals surface area contributed by atoms with E-state index in [1.165, 1.54) is 6.07 Å². The van der Waals surface area contributed by atoms with E-state index in [1.807, 2.05) is 13.8 Å². The van der Waals surface area contributed by atoms with Crippen LogP contribution in [0.15, 0.2) is 18.2 Å². The normalized spacial score (nSPS) is 10.9. The average Bonchev–Trinajstić information content (AvgIpc) is 2.16. The van der Waals surface area contributed by atoms with Crippen molar-refractivity contribution in [1.29, 1.82) is 0 Å². The van der Waals surface area contributed by atoms with Gasteiger partial charge in [-0.05, 0) is 31.5 Å². The molecule has 0 aliphatic rings. The molecule has 14 heavy (non-hydrogen) atoms. The third-order valence-electron chi connectivity index (χ3n) is 1.92. The maximum Gasteiger partial charge on any atom is 0.128 e. The molecule has 78 valence electrons. The second-order valence-electron chi connectivity index (χ2n) is 3.49. The third-order valence-corrected chi connectivity index (χ3v) is 1.92. The van der Waals surface area contributed by atoms with Gasteiger partial charge in [0.1, 0.15) is 5.82 Å². The molecule has 0 spiro atoms. The monoisotopic (exact) mass is 197 g/mol. The zero-order chi connectivity index (χ0) is 10.6. The van der Waals surface area contributed by atoms with Gasteiger partial charge in [0.15, 0.2) is 0 Å². The highest BCUT2D eigenvalue weighted by Gasteiger charge is 2.04. The molecule has 0 saturated heterocycles. The van der Waals surface area contributed by atoms with E-state index in [0.29, 0.717) is 18.7 Å². The van der Waals surface area contributed by atoms with Crippen molar-refractivity contribution >= 4 is 0 Å². The Morgan fingerprint density at radius 2 is 2.14 bits per heavy atom. The van der Waals surface area contributed by atoms with Gasteiger partial charge >= 0.3 is 0 Å². The summed E-state index contributed by atoms with van der Waals surface area (Å²) >= 11 is 0. The lowest BCUT2D eigenvalue weighted by Gasteiger charge is -2.09. The second kappa shape index (κ2) is 5.08. The minimum absolute atomic E-state index is 0.107. The van der Waals surface area contributed by atoms with E-state index in [0.717, 1.165) is 5.56 Å². The number of hydrogen-bond acceptors (Lipinski definition) is 2. The van der Waals surface area contributed by atoms with Crippen LogP contribution in [-0.2, 0) is 17.9 Å². The fraction of sp³-hybridized carbons (Fsp3) is 0.455. The summed E-state index contributed by atoms with van der Waals surface area (Å²) in [5.74, 6) is -0.233. The van der Waals surface area contributed by atoms with Crippen LogP contribution in [-0.4, -0.2) is 6.10 Å². The Kier molecular flexibility index (Phi) is 4.04. The summed E-state index contributed by atoms with van der Waals surface area (Å²) < 4.78 is 18.6. The summed E-state index contributed by atoms with van der Waals surface area (Å²) in [6.07, 6.45) is 0.107. The van der Waals surface area contributed by atoms with Crippen molar-refractivity contribution < 1.29 is 9.13 Å². The minimum atomic E-state index is -0.233. The lowest BCUT2D eigenvalue weighted by Crippen LogP contribution is -2.05. The SMILES string of the molecule is CC(C)OCc1cc(CN)ccc1F. The van der Waals surface area contributed by atoms with Crippen molar-refractivity contribution in [3.05, 3.63) is 35.1 Å². The number of hydrogen-bond donors (Lipinski definition) is 1. The fourth-order valence-corrected chi connectivity index (χ4v) is 1.12. The van der Waals surface area contributed by atoms with Gasteiger partial charge in [-0.1, -0.05) is 6.07 Å². The van der Waals surface area contributed by atoms with Crippen LogP contribution in [0.2, 0.25) is 0 Å². The first-order chi connectivity index (χ1) is 6.63. The maximum atomic E-state index is 13.2. The van der Waals surface area contributed by atoms with E-state index in [2.05, 4.69) is 0 Å². The molecule has 2 nitrogen and oxygen atoms in total. The van der Waals surface area contributed by atoms with Crippen molar-refractivity contribution in [2.75, 3.05) is 0 Å². The molecule has 0 unspecified atom stereocenters. The highest BCUT2D eigenvalue weighted by molar-refractivity contribution is 5.24. The Labute approximate surface area is 83.9 Å². The van der Waals surface area contributed by atoms with E-state index >= 15 is 0 Å². The molecule has 0 aliphatic carbocycles. The third kappa shape index (κ3) is 3.09. The second-order valence-corrected chi connectivity index (χ2v) is 3.49. The molecule has 0 saturated carbocycles. The number of rotatable bonds is 4. The van der Waals surface area contributed by atoms with Crippen molar-refractivity contribution in [3.63, 3.8) is 0 Å². The Balaban J connectivity index is 2.73. The molecular weight excluding hydrogens is 181 g/mol. The molecule has 3 heteroatoms. The van der Waals surface area contributed by atoms with E-state index in [-0.39, 0.29) is 11.9 Å². The van der Waals surface area contributed by atoms with Crippen molar-refractivity contribution in [2.45, 2.75) is 33.1 Å². The Bertz CT molecular complexity index is 299. The molecule has 0 bridgehead atoms. The lowest BCUT2D eigenvalue weighted by atomic mass is 10.1. The number of ether oxygens (including phenoxy) is 1. The van der Waals surface area contributed by atoms with Gasteiger partial charge in [-0.3, -0.25) is 0 Å². The Hall–Kier alpha value is -0.930. The van der Waals surface area contributed by atoms with Crippen LogP contribution in [0.1, 0.15) is 25.0 Å². The molecule has 0 aliphatic heterocycles. The largest absolute Gasteiger partial charge is 0.374 e. The summed E-state index contributed by atoms with van der Waals surface area (Å²) in [5, 5.41) is 0. The summed E-state index contributed by atoms with van der Waals surface area (Å²) in [4.78, 5) is 0.